The third kappa shape index (κ3) is 4.96. The zero-order valence-electron chi connectivity index (χ0n) is 13.6. The van der Waals surface area contributed by atoms with Gasteiger partial charge in [0.05, 0.1) is 6.21 Å². The van der Waals surface area contributed by atoms with Crippen LogP contribution in [0.3, 0.4) is 0 Å². The van der Waals surface area contributed by atoms with Gasteiger partial charge in [0.2, 0.25) is 5.13 Å². The molecule has 0 bridgehead atoms. The molecular formula is C17H12BrN5O3S. The summed E-state index contributed by atoms with van der Waals surface area (Å²) in [6.07, 6.45) is 1.23. The van der Waals surface area contributed by atoms with E-state index in [4.69, 9.17) is 0 Å². The first-order chi connectivity index (χ1) is 13.0. The minimum absolute atomic E-state index is 0.0112. The molecule has 27 heavy (non-hydrogen) atoms. The van der Waals surface area contributed by atoms with Crippen LogP contribution in [0, 0.1) is 0 Å². The number of hydrazone groups is 1. The summed E-state index contributed by atoms with van der Waals surface area (Å²) in [5.74, 6) is -1.92. The number of aromatic hydroxyl groups is 1. The highest BCUT2D eigenvalue weighted by molar-refractivity contribution is 9.10. The Labute approximate surface area is 166 Å². The van der Waals surface area contributed by atoms with Gasteiger partial charge in [0.25, 0.3) is 0 Å². The smallest absolute Gasteiger partial charge is 0.329 e. The number of halogens is 1. The van der Waals surface area contributed by atoms with Gasteiger partial charge in [-0.1, -0.05) is 57.6 Å². The van der Waals surface area contributed by atoms with E-state index in [0.717, 1.165) is 21.4 Å². The zero-order valence-corrected chi connectivity index (χ0v) is 16.0. The van der Waals surface area contributed by atoms with Crippen LogP contribution in [0.5, 0.6) is 5.75 Å². The number of phenols is 1. The second kappa shape index (κ2) is 8.52. The molecule has 1 aromatic heterocycles. The molecule has 136 valence electrons. The van der Waals surface area contributed by atoms with Gasteiger partial charge in [-0.15, -0.1) is 10.2 Å². The van der Waals surface area contributed by atoms with Crippen LogP contribution in [0.25, 0.3) is 10.6 Å². The molecule has 0 spiro atoms. The van der Waals surface area contributed by atoms with Gasteiger partial charge in [-0.25, -0.2) is 5.43 Å². The fourth-order valence-corrected chi connectivity index (χ4v) is 3.09. The summed E-state index contributed by atoms with van der Waals surface area (Å²) >= 11 is 4.41. The summed E-state index contributed by atoms with van der Waals surface area (Å²) < 4.78 is 0.733. The highest BCUT2D eigenvalue weighted by Crippen LogP contribution is 2.25. The third-order valence-corrected chi connectivity index (χ3v) is 4.61. The number of amides is 2. The number of rotatable bonds is 4. The Morgan fingerprint density at radius 1 is 1.11 bits per heavy atom. The van der Waals surface area contributed by atoms with Crippen molar-refractivity contribution in [3.8, 4) is 16.3 Å². The first kappa shape index (κ1) is 18.7. The summed E-state index contributed by atoms with van der Waals surface area (Å²) in [5, 5.41) is 24.3. The van der Waals surface area contributed by atoms with Crippen LogP contribution < -0.4 is 10.7 Å². The first-order valence-electron chi connectivity index (χ1n) is 7.55. The predicted molar refractivity (Wildman–Crippen MR) is 106 cm³/mol. The van der Waals surface area contributed by atoms with E-state index in [1.807, 2.05) is 30.3 Å². The van der Waals surface area contributed by atoms with E-state index >= 15 is 0 Å². The second-order valence-corrected chi connectivity index (χ2v) is 7.03. The number of hydrogen-bond acceptors (Lipinski definition) is 7. The molecule has 10 heteroatoms. The van der Waals surface area contributed by atoms with Gasteiger partial charge in [0, 0.05) is 15.6 Å². The van der Waals surface area contributed by atoms with Crippen LogP contribution in [-0.4, -0.2) is 33.3 Å². The molecule has 3 rings (SSSR count). The molecule has 2 amide bonds. The van der Waals surface area contributed by atoms with Crippen LogP contribution in [0.2, 0.25) is 0 Å². The van der Waals surface area contributed by atoms with Crippen molar-refractivity contribution in [3.05, 3.63) is 58.6 Å². The largest absolute Gasteiger partial charge is 0.507 e. The highest BCUT2D eigenvalue weighted by Gasteiger charge is 2.16. The van der Waals surface area contributed by atoms with Crippen molar-refractivity contribution in [1.82, 2.24) is 15.6 Å². The average Bonchev–Trinajstić information content (AvgIpc) is 3.13. The van der Waals surface area contributed by atoms with Gasteiger partial charge in [-0.05, 0) is 18.2 Å². The standard InChI is InChI=1S/C17H12BrN5O3S/c18-12-6-7-13(24)11(8-12)9-19-21-15(26)14(25)20-17-23-22-16(27-17)10-4-2-1-3-5-10/h1-9,24H,(H,21,26)(H,20,23,25)/b19-9+. The number of nitrogens with zero attached hydrogens (tertiary/aromatic N) is 3. The molecule has 0 radical (unpaired) electrons. The Kier molecular flexibility index (Phi) is 5.89. The minimum Gasteiger partial charge on any atom is -0.507 e. The molecule has 0 aliphatic heterocycles. The Hall–Kier alpha value is -3.11. The maximum Gasteiger partial charge on any atom is 0.329 e. The molecule has 3 aromatic rings. The SMILES string of the molecule is O=C(N/N=C/c1cc(Br)ccc1O)C(=O)Nc1nnc(-c2ccccc2)s1. The van der Waals surface area contributed by atoms with Crippen LogP contribution in [0.4, 0.5) is 5.13 Å². The molecule has 3 N–H and O–H groups in total. The number of benzene rings is 2. The quantitative estimate of drug-likeness (QED) is 0.324. The number of carbonyl (C=O) groups excluding carboxylic acids is 2. The molecule has 2 aromatic carbocycles. The van der Waals surface area contributed by atoms with Gasteiger partial charge in [-0.3, -0.25) is 14.9 Å². The van der Waals surface area contributed by atoms with Crippen LogP contribution in [0.1, 0.15) is 5.56 Å². The molecule has 0 atom stereocenters. The van der Waals surface area contributed by atoms with Crippen LogP contribution >= 0.6 is 27.3 Å². The van der Waals surface area contributed by atoms with E-state index in [1.165, 1.54) is 12.3 Å². The predicted octanol–water partition coefficient (Wildman–Crippen LogP) is 2.76. The van der Waals surface area contributed by atoms with E-state index in [2.05, 4.69) is 42.0 Å². The Balaban J connectivity index is 1.58. The number of hydrogen-bond donors (Lipinski definition) is 3. The fraction of sp³-hybridized carbons (Fsp3) is 0. The molecule has 0 aliphatic carbocycles. The Morgan fingerprint density at radius 3 is 2.67 bits per heavy atom. The molecule has 0 saturated carbocycles. The third-order valence-electron chi connectivity index (χ3n) is 3.23. The maximum absolute atomic E-state index is 11.9. The summed E-state index contributed by atoms with van der Waals surface area (Å²) in [6, 6.07) is 14.1. The number of nitrogens with one attached hydrogen (secondary N) is 2. The van der Waals surface area contributed by atoms with Gasteiger partial charge < -0.3 is 5.11 Å². The zero-order chi connectivity index (χ0) is 19.2. The van der Waals surface area contributed by atoms with E-state index in [0.29, 0.717) is 10.6 Å². The van der Waals surface area contributed by atoms with Gasteiger partial charge in [0.1, 0.15) is 10.8 Å². The van der Waals surface area contributed by atoms with Crippen molar-refractivity contribution < 1.29 is 14.7 Å². The lowest BCUT2D eigenvalue weighted by molar-refractivity contribution is -0.136. The number of anilines is 1. The van der Waals surface area contributed by atoms with E-state index in [-0.39, 0.29) is 10.9 Å². The summed E-state index contributed by atoms with van der Waals surface area (Å²) in [5.41, 5.74) is 3.32. The van der Waals surface area contributed by atoms with Gasteiger partial charge in [-0.2, -0.15) is 5.10 Å². The number of phenolic OH excluding ortho intramolecular Hbond substituents is 1. The fourth-order valence-electron chi connectivity index (χ4n) is 1.97. The van der Waals surface area contributed by atoms with Gasteiger partial charge in [0.15, 0.2) is 0 Å². The number of aromatic nitrogens is 2. The molecule has 8 nitrogen and oxygen atoms in total. The van der Waals surface area contributed by atoms with Crippen molar-refractivity contribution >= 4 is 50.4 Å². The van der Waals surface area contributed by atoms with Crippen molar-refractivity contribution in [1.29, 1.82) is 0 Å². The normalized spacial score (nSPS) is 10.7. The van der Waals surface area contributed by atoms with E-state index in [9.17, 15) is 14.7 Å². The lowest BCUT2D eigenvalue weighted by atomic mass is 10.2. The maximum atomic E-state index is 11.9. The average molecular weight is 446 g/mol. The van der Waals surface area contributed by atoms with E-state index in [1.54, 1.807) is 12.1 Å². The highest BCUT2D eigenvalue weighted by atomic mass is 79.9. The topological polar surface area (TPSA) is 117 Å². The summed E-state index contributed by atoms with van der Waals surface area (Å²) in [4.78, 5) is 23.7. The van der Waals surface area contributed by atoms with Gasteiger partial charge >= 0.3 is 11.8 Å². The Bertz CT molecular complexity index is 1010. The summed E-state index contributed by atoms with van der Waals surface area (Å²) in [6.45, 7) is 0. The molecule has 0 unspecified atom stereocenters. The van der Waals surface area contributed by atoms with Crippen molar-refractivity contribution in [2.45, 2.75) is 0 Å². The van der Waals surface area contributed by atoms with Crippen LogP contribution in [-0.2, 0) is 9.59 Å². The lowest BCUT2D eigenvalue weighted by Gasteiger charge is -2.01. The Morgan fingerprint density at radius 2 is 1.89 bits per heavy atom. The van der Waals surface area contributed by atoms with E-state index < -0.39 is 11.8 Å². The first-order valence-corrected chi connectivity index (χ1v) is 9.15. The second-order valence-electron chi connectivity index (χ2n) is 5.13. The molecule has 0 fully saturated rings. The van der Waals surface area contributed by atoms with Crippen molar-refractivity contribution in [2.24, 2.45) is 5.10 Å². The molecule has 0 aliphatic rings. The molecular weight excluding hydrogens is 434 g/mol. The monoisotopic (exact) mass is 445 g/mol. The molecule has 1 heterocycles. The van der Waals surface area contributed by atoms with Crippen LogP contribution in [0.15, 0.2) is 58.1 Å². The minimum atomic E-state index is -0.975. The van der Waals surface area contributed by atoms with Crippen molar-refractivity contribution in [2.75, 3.05) is 5.32 Å². The summed E-state index contributed by atoms with van der Waals surface area (Å²) in [7, 11) is 0. The van der Waals surface area contributed by atoms with Crippen molar-refractivity contribution in [3.63, 3.8) is 0 Å². The number of carbonyl (C=O) groups is 2. The molecule has 0 saturated heterocycles. The lowest BCUT2D eigenvalue weighted by Crippen LogP contribution is -2.32.